The van der Waals surface area contributed by atoms with Crippen LogP contribution in [0.25, 0.3) is 0 Å². The van der Waals surface area contributed by atoms with E-state index in [2.05, 4.69) is 25.9 Å². The van der Waals surface area contributed by atoms with Crippen LogP contribution in [-0.2, 0) is 20.7 Å². The molecule has 9 nitrogen and oxygen atoms in total. The zero-order valence-corrected chi connectivity index (χ0v) is 18.0. The van der Waals surface area contributed by atoms with Crippen LogP contribution in [-0.4, -0.2) is 45.1 Å². The Balaban J connectivity index is 2.08. The summed E-state index contributed by atoms with van der Waals surface area (Å²) in [4.78, 5) is 44.3. The molecule has 2 heterocycles. The number of amides is 3. The van der Waals surface area contributed by atoms with Gasteiger partial charge in [-0.05, 0) is 57.0 Å². The van der Waals surface area contributed by atoms with E-state index in [9.17, 15) is 14.4 Å². The molecule has 0 aliphatic rings. The van der Waals surface area contributed by atoms with E-state index in [1.165, 1.54) is 23.9 Å². The number of alkyl carbamates (subject to hydrolysis) is 1. The number of aromatic amines is 1. The quantitative estimate of drug-likeness (QED) is 0.546. The van der Waals surface area contributed by atoms with Gasteiger partial charge in [0.1, 0.15) is 23.0 Å². The molecule has 29 heavy (non-hydrogen) atoms. The standard InChI is InChI=1S/C19H27N5O4S/c1-18(2,3)28-17(27)24-19(4,5)16(26)22-13(8-12-6-7-29-10-12)15(25)23-14-9-20-11-21-14/h6-7,9-11,13H,8H2,1-5H3,(H,20,21)(H,22,26)(H,23,25)(H,24,27)/t13-/m1/s1. The van der Waals surface area contributed by atoms with Gasteiger partial charge in [0.25, 0.3) is 0 Å². The fraction of sp³-hybridized carbons (Fsp3) is 0.474. The second-order valence-corrected chi connectivity index (χ2v) is 8.85. The molecule has 0 radical (unpaired) electrons. The third-order valence-electron chi connectivity index (χ3n) is 3.78. The Bertz CT molecular complexity index is 825. The fourth-order valence-electron chi connectivity index (χ4n) is 2.35. The van der Waals surface area contributed by atoms with Crippen molar-refractivity contribution in [1.29, 1.82) is 0 Å². The molecule has 1 atom stereocenters. The molecular weight excluding hydrogens is 394 g/mol. The maximum absolute atomic E-state index is 12.8. The molecular formula is C19H27N5O4S. The van der Waals surface area contributed by atoms with E-state index in [1.54, 1.807) is 34.6 Å². The Hall–Kier alpha value is -2.88. The average Bonchev–Trinajstić information content (AvgIpc) is 3.25. The van der Waals surface area contributed by atoms with Gasteiger partial charge in [-0.15, -0.1) is 0 Å². The Kier molecular flexibility index (Phi) is 7.02. The molecule has 158 valence electrons. The second-order valence-electron chi connectivity index (χ2n) is 8.07. The Morgan fingerprint density at radius 2 is 1.97 bits per heavy atom. The van der Waals surface area contributed by atoms with Crippen LogP contribution in [0.4, 0.5) is 10.6 Å². The predicted octanol–water partition coefficient (Wildman–Crippen LogP) is 2.44. The molecule has 3 amide bonds. The van der Waals surface area contributed by atoms with E-state index in [-0.39, 0.29) is 0 Å². The minimum Gasteiger partial charge on any atom is -0.444 e. The number of hydrogen-bond acceptors (Lipinski definition) is 6. The number of hydrogen-bond donors (Lipinski definition) is 4. The SMILES string of the molecule is CC(C)(C)OC(=O)NC(C)(C)C(=O)N[C@H](Cc1ccsc1)C(=O)Nc1cnc[nH]1. The van der Waals surface area contributed by atoms with E-state index >= 15 is 0 Å². The first kappa shape index (κ1) is 22.4. The van der Waals surface area contributed by atoms with Crippen LogP contribution in [0.15, 0.2) is 29.4 Å². The lowest BCUT2D eigenvalue weighted by molar-refractivity contribution is -0.130. The highest BCUT2D eigenvalue weighted by molar-refractivity contribution is 7.07. The molecule has 2 rings (SSSR count). The summed E-state index contributed by atoms with van der Waals surface area (Å²) in [6.07, 6.45) is 2.50. The number of thiophene rings is 1. The molecule has 0 bridgehead atoms. The van der Waals surface area contributed by atoms with E-state index in [4.69, 9.17) is 4.74 Å². The van der Waals surface area contributed by atoms with E-state index < -0.39 is 35.1 Å². The normalized spacial score (nSPS) is 12.7. The topological polar surface area (TPSA) is 125 Å². The largest absolute Gasteiger partial charge is 0.444 e. The molecule has 2 aromatic heterocycles. The van der Waals surface area contributed by atoms with Crippen LogP contribution in [0.1, 0.15) is 40.2 Å². The Morgan fingerprint density at radius 1 is 1.24 bits per heavy atom. The van der Waals surface area contributed by atoms with Crippen molar-refractivity contribution >= 4 is 35.1 Å². The van der Waals surface area contributed by atoms with Crippen LogP contribution in [0, 0.1) is 0 Å². The van der Waals surface area contributed by atoms with Crippen LogP contribution in [0.3, 0.4) is 0 Å². The third-order valence-corrected chi connectivity index (χ3v) is 4.51. The monoisotopic (exact) mass is 421 g/mol. The highest BCUT2D eigenvalue weighted by atomic mass is 32.1. The van der Waals surface area contributed by atoms with Crippen LogP contribution < -0.4 is 16.0 Å². The highest BCUT2D eigenvalue weighted by Gasteiger charge is 2.34. The summed E-state index contributed by atoms with van der Waals surface area (Å²) in [5.74, 6) is -0.490. The number of nitrogens with one attached hydrogen (secondary N) is 4. The van der Waals surface area contributed by atoms with Crippen molar-refractivity contribution in [2.45, 2.75) is 58.2 Å². The van der Waals surface area contributed by atoms with Crippen LogP contribution in [0.5, 0.6) is 0 Å². The number of carbonyl (C=O) groups is 3. The Labute approximate surface area is 173 Å². The summed E-state index contributed by atoms with van der Waals surface area (Å²) in [6.45, 7) is 8.28. The number of carbonyl (C=O) groups excluding carboxylic acids is 3. The van der Waals surface area contributed by atoms with Gasteiger partial charge in [0, 0.05) is 6.42 Å². The molecule has 0 saturated carbocycles. The summed E-state index contributed by atoms with van der Waals surface area (Å²) in [6, 6.07) is 1.04. The summed E-state index contributed by atoms with van der Waals surface area (Å²) >= 11 is 1.50. The highest BCUT2D eigenvalue weighted by Crippen LogP contribution is 2.13. The number of ether oxygens (including phenoxy) is 1. The number of rotatable bonds is 7. The molecule has 0 saturated heterocycles. The number of H-pyrrole nitrogens is 1. The Morgan fingerprint density at radius 3 is 2.52 bits per heavy atom. The van der Waals surface area contributed by atoms with Gasteiger partial charge in [-0.2, -0.15) is 11.3 Å². The molecule has 4 N–H and O–H groups in total. The van der Waals surface area contributed by atoms with Crippen LogP contribution in [0.2, 0.25) is 0 Å². The van der Waals surface area contributed by atoms with Crippen molar-refractivity contribution < 1.29 is 19.1 Å². The van der Waals surface area contributed by atoms with Gasteiger partial charge in [-0.3, -0.25) is 9.59 Å². The number of nitrogens with zero attached hydrogens (tertiary/aromatic N) is 1. The fourth-order valence-corrected chi connectivity index (χ4v) is 3.03. The first-order valence-corrected chi connectivity index (χ1v) is 10.0. The summed E-state index contributed by atoms with van der Waals surface area (Å²) in [5.41, 5.74) is -1.07. The summed E-state index contributed by atoms with van der Waals surface area (Å²) in [7, 11) is 0. The smallest absolute Gasteiger partial charge is 0.408 e. The van der Waals surface area contributed by atoms with Gasteiger partial charge in [-0.1, -0.05) is 0 Å². The minimum absolute atomic E-state index is 0.303. The van der Waals surface area contributed by atoms with E-state index in [0.717, 1.165) is 5.56 Å². The number of imidazole rings is 1. The van der Waals surface area contributed by atoms with Gasteiger partial charge in [0.05, 0.1) is 12.5 Å². The predicted molar refractivity (Wildman–Crippen MR) is 111 cm³/mol. The third kappa shape index (κ3) is 7.22. The first-order valence-electron chi connectivity index (χ1n) is 9.09. The lowest BCUT2D eigenvalue weighted by Gasteiger charge is -2.29. The second kappa shape index (κ2) is 9.08. The molecule has 0 fully saturated rings. The van der Waals surface area contributed by atoms with Gasteiger partial charge in [0.15, 0.2) is 0 Å². The molecule has 0 aliphatic heterocycles. The van der Waals surface area contributed by atoms with Crippen molar-refractivity contribution in [2.24, 2.45) is 0 Å². The van der Waals surface area contributed by atoms with Crippen molar-refractivity contribution in [3.63, 3.8) is 0 Å². The first-order chi connectivity index (χ1) is 13.5. The average molecular weight is 422 g/mol. The van der Waals surface area contributed by atoms with E-state index in [0.29, 0.717) is 12.2 Å². The zero-order valence-electron chi connectivity index (χ0n) is 17.2. The summed E-state index contributed by atoms with van der Waals surface area (Å²) < 4.78 is 5.21. The van der Waals surface area contributed by atoms with Gasteiger partial charge in [-0.25, -0.2) is 9.78 Å². The molecule has 0 aliphatic carbocycles. The van der Waals surface area contributed by atoms with Gasteiger partial charge >= 0.3 is 6.09 Å². The lowest BCUT2D eigenvalue weighted by atomic mass is 10.0. The van der Waals surface area contributed by atoms with Crippen molar-refractivity contribution in [2.75, 3.05) is 5.32 Å². The zero-order chi connectivity index (χ0) is 21.7. The summed E-state index contributed by atoms with van der Waals surface area (Å²) in [5, 5.41) is 11.8. The molecule has 0 spiro atoms. The molecule has 0 unspecified atom stereocenters. The van der Waals surface area contributed by atoms with Crippen LogP contribution >= 0.6 is 11.3 Å². The van der Waals surface area contributed by atoms with Crippen molar-refractivity contribution in [3.8, 4) is 0 Å². The molecule has 0 aromatic carbocycles. The maximum Gasteiger partial charge on any atom is 0.408 e. The maximum atomic E-state index is 12.8. The van der Waals surface area contributed by atoms with E-state index in [1.807, 2.05) is 16.8 Å². The number of anilines is 1. The molecule has 10 heteroatoms. The van der Waals surface area contributed by atoms with Crippen molar-refractivity contribution in [3.05, 3.63) is 34.9 Å². The van der Waals surface area contributed by atoms with Crippen molar-refractivity contribution in [1.82, 2.24) is 20.6 Å². The van der Waals surface area contributed by atoms with Gasteiger partial charge in [0.2, 0.25) is 11.8 Å². The number of aromatic nitrogens is 2. The lowest BCUT2D eigenvalue weighted by Crippen LogP contribution is -2.59. The molecule has 2 aromatic rings. The minimum atomic E-state index is -1.29. The van der Waals surface area contributed by atoms with Gasteiger partial charge < -0.3 is 25.7 Å².